The summed E-state index contributed by atoms with van der Waals surface area (Å²) in [6.07, 6.45) is -50.6. The van der Waals surface area contributed by atoms with Gasteiger partial charge in [-0.25, -0.2) is 0 Å². The Bertz CT molecular complexity index is 2830. The Morgan fingerprint density at radius 2 is 0.787 bits per heavy atom. The number of hydrogen-bond acceptors (Lipinski definition) is 34. The second-order valence-corrected chi connectivity index (χ2v) is 19.3. The van der Waals surface area contributed by atoms with Crippen molar-refractivity contribution in [1.82, 2.24) is 0 Å². The number of fused-ring (bicyclic) bond motifs is 23. The molecule has 0 amide bonds. The molecule has 0 radical (unpaired) electrons. The van der Waals surface area contributed by atoms with Crippen molar-refractivity contribution < 1.29 is 140 Å². The molecular formula is C43H66N18O28. The minimum Gasteiger partial charge on any atom is -0.506 e. The van der Waals surface area contributed by atoms with Crippen LogP contribution < -0.4 is 0 Å². The molecule has 22 unspecified atom stereocenters. The summed E-state index contributed by atoms with van der Waals surface area (Å²) in [4.78, 5) is 15.2. The first-order valence-electron chi connectivity index (χ1n) is 26.2. The molecule has 3 fully saturated rings. The van der Waals surface area contributed by atoms with Crippen LogP contribution in [0, 0.1) is 0 Å². The van der Waals surface area contributed by atoms with Gasteiger partial charge in [-0.15, -0.1) is 0 Å². The number of aliphatic hydroxyl groups is 19. The van der Waals surface area contributed by atoms with E-state index in [9.17, 15) is 103 Å². The Kier molecular flexibility index (Phi) is 28.6. The van der Waals surface area contributed by atoms with Crippen molar-refractivity contribution in [2.75, 3.05) is 39.3 Å². The molecule has 22 atom stereocenters. The van der Waals surface area contributed by atoms with Crippen LogP contribution in [-0.2, 0) is 42.6 Å². The quantitative estimate of drug-likeness (QED) is 0.0495. The van der Waals surface area contributed by atoms with Gasteiger partial charge in [0, 0.05) is 62.2 Å². The highest BCUT2D eigenvalue weighted by molar-refractivity contribution is 5.33. The highest BCUT2D eigenvalue weighted by atomic mass is 16.8. The number of aliphatic hydroxyl groups excluding tert-OH is 18. The van der Waals surface area contributed by atoms with Crippen LogP contribution >= 0.6 is 0 Å². The molecule has 0 aromatic heterocycles. The third-order valence-corrected chi connectivity index (χ3v) is 14.0. The minimum atomic E-state index is -2.91. The van der Waals surface area contributed by atoms with Crippen LogP contribution in [0.3, 0.4) is 0 Å². The Hall–Kier alpha value is -7.58. The lowest BCUT2D eigenvalue weighted by molar-refractivity contribution is -0.526. The molecule has 2 saturated heterocycles. The minimum absolute atomic E-state index is 0.223. The van der Waals surface area contributed by atoms with Gasteiger partial charge < -0.3 is 140 Å². The summed E-state index contributed by atoms with van der Waals surface area (Å²) in [5.74, 6) is -12.5. The molecule has 496 valence electrons. The molecule has 0 aromatic carbocycles. The zero-order valence-corrected chi connectivity index (χ0v) is 46.3. The predicted molar refractivity (Wildman–Crippen MR) is 282 cm³/mol. The Balaban J connectivity index is 1.90. The van der Waals surface area contributed by atoms with Gasteiger partial charge in [-0.2, -0.15) is 0 Å². The maximum Gasteiger partial charge on any atom is 0.218 e. The van der Waals surface area contributed by atoms with Gasteiger partial charge in [-0.05, 0) is 71.7 Å². The Morgan fingerprint density at radius 1 is 0.404 bits per heavy atom. The standard InChI is InChI=1S/C43H66N18O28/c1-2-14-32-25(67)31(73)40(84-14)85-18(6-11-53-59-47)23(65)30(72)39(79)88-34-33(74)43(80)41(89-42(34,43)13-55-61-49)86-19(7-12-54-60-48)24(66)28(70)37(77)82-16(4-9-51-57-45)21(63)26(68)35(75)81-15(3-8-50-56-44)20(62)27(69)36(76)83-17(5-10-52-58-46)22(64)29(71)38(78)87-32/h14-19,22,25,29,31-41,62-80H,2-13H2,1H3/b26-21-,27-20-,28-24+,30-23-. The fourth-order valence-corrected chi connectivity index (χ4v) is 9.30. The Morgan fingerprint density at radius 3 is 1.20 bits per heavy atom. The summed E-state index contributed by atoms with van der Waals surface area (Å²) in [6, 6.07) is 0. The van der Waals surface area contributed by atoms with Crippen molar-refractivity contribution in [2.45, 2.75) is 180 Å². The summed E-state index contributed by atoms with van der Waals surface area (Å²) in [6.45, 7) is -2.88. The molecule has 0 aromatic rings. The molecular weight excluding hydrogens is 1220 g/mol. The third-order valence-electron chi connectivity index (χ3n) is 14.0. The number of ether oxygens (including phenoxy) is 9. The summed E-state index contributed by atoms with van der Waals surface area (Å²) in [5.41, 5.74) is 48.6. The molecule has 4 bridgehead atoms. The van der Waals surface area contributed by atoms with Crippen LogP contribution in [0.25, 0.3) is 62.7 Å². The number of azide groups is 6. The maximum atomic E-state index is 11.9. The highest BCUT2D eigenvalue weighted by Gasteiger charge is 2.85. The number of rotatable bonds is 18. The Labute approximate surface area is 497 Å². The van der Waals surface area contributed by atoms with Gasteiger partial charge in [0.15, 0.2) is 70.5 Å². The van der Waals surface area contributed by atoms with E-state index in [0.717, 1.165) is 0 Å². The predicted octanol–water partition coefficient (Wildman–Crippen LogP) is 0.190. The lowest BCUT2D eigenvalue weighted by atomic mass is 9.55. The van der Waals surface area contributed by atoms with E-state index in [-0.39, 0.29) is 6.42 Å². The normalized spacial score (nSPS) is 40.6. The van der Waals surface area contributed by atoms with E-state index in [1.54, 1.807) is 0 Å². The van der Waals surface area contributed by atoms with E-state index in [2.05, 4.69) is 60.2 Å². The first kappa shape index (κ1) is 73.9. The van der Waals surface area contributed by atoms with Gasteiger partial charge in [-0.3, -0.25) is 0 Å². The molecule has 1 saturated carbocycles. The molecule has 46 heteroatoms. The molecule has 5 aliphatic rings. The van der Waals surface area contributed by atoms with Crippen molar-refractivity contribution in [1.29, 1.82) is 0 Å². The average Bonchev–Trinajstić information content (AvgIpc) is 0.658. The third kappa shape index (κ3) is 17.4. The number of nitrogens with zero attached hydrogens (tertiary/aromatic N) is 18. The van der Waals surface area contributed by atoms with E-state index in [4.69, 9.17) is 70.3 Å². The largest absolute Gasteiger partial charge is 0.506 e. The number of hydrogen-bond donors (Lipinski definition) is 19. The van der Waals surface area contributed by atoms with Gasteiger partial charge in [0.1, 0.15) is 72.7 Å². The van der Waals surface area contributed by atoms with Crippen LogP contribution in [0.4, 0.5) is 0 Å². The zero-order chi connectivity index (χ0) is 66.5. The maximum absolute atomic E-state index is 11.9. The molecule has 5 rings (SSSR count). The van der Waals surface area contributed by atoms with Crippen LogP contribution in [-0.4, -0.2) is 271 Å². The van der Waals surface area contributed by atoms with Crippen molar-refractivity contribution in [3.63, 3.8) is 0 Å². The van der Waals surface area contributed by atoms with Crippen LogP contribution in [0.2, 0.25) is 0 Å². The van der Waals surface area contributed by atoms with Gasteiger partial charge in [0.25, 0.3) is 0 Å². The molecule has 4 heterocycles. The van der Waals surface area contributed by atoms with Crippen molar-refractivity contribution in [2.24, 2.45) is 30.7 Å². The van der Waals surface area contributed by atoms with Gasteiger partial charge in [0.2, 0.25) is 25.2 Å². The van der Waals surface area contributed by atoms with Crippen LogP contribution in [0.5, 0.6) is 0 Å². The van der Waals surface area contributed by atoms with E-state index in [1.165, 1.54) is 6.92 Å². The summed E-state index contributed by atoms with van der Waals surface area (Å²) in [7, 11) is 0. The summed E-state index contributed by atoms with van der Waals surface area (Å²) >= 11 is 0. The molecule has 4 aliphatic heterocycles. The molecule has 46 nitrogen and oxygen atoms in total. The van der Waals surface area contributed by atoms with Crippen molar-refractivity contribution in [3.05, 3.63) is 109 Å². The second kappa shape index (κ2) is 34.4. The molecule has 1 aliphatic carbocycles. The van der Waals surface area contributed by atoms with Crippen molar-refractivity contribution >= 4 is 0 Å². The van der Waals surface area contributed by atoms with Crippen molar-refractivity contribution in [3.8, 4) is 0 Å². The SMILES string of the molecule is CCC1OC2OC(CCN=[N+]=[N-])/C(O)=C(/O)C(O)OC3C(O)C4(O)C(OC(CCN=[N+]=[N-])/C(O)=C(\O)C(O)OC(CCN=[N+]=[N-])/C(O)=C(/O)C(O)OC(CCN=[N+]=[N-])/C(O)=C(/O)C(O)OC(CCN=[N+]=[N-])C(O)C(O)C(O)OC1C(O)C2O)OC34CN=[N+]=[N-]. The van der Waals surface area contributed by atoms with Gasteiger partial charge >= 0.3 is 0 Å². The average molecular weight is 1280 g/mol. The zero-order valence-electron chi connectivity index (χ0n) is 46.3. The van der Waals surface area contributed by atoms with Gasteiger partial charge in [-0.1, -0.05) is 37.6 Å². The smallest absolute Gasteiger partial charge is 0.218 e. The van der Waals surface area contributed by atoms with Crippen LogP contribution in [0.1, 0.15) is 45.4 Å². The highest BCUT2D eigenvalue weighted by Crippen LogP contribution is 2.60. The fourth-order valence-electron chi connectivity index (χ4n) is 9.30. The summed E-state index contributed by atoms with van der Waals surface area (Å²) < 4.78 is 49.3. The monoisotopic (exact) mass is 1280 g/mol. The lowest BCUT2D eigenvalue weighted by Crippen LogP contribution is -2.96. The van der Waals surface area contributed by atoms with E-state index in [1.807, 2.05) is 0 Å². The first-order valence-corrected chi connectivity index (χ1v) is 26.2. The molecule has 19 N–H and O–H groups in total. The van der Waals surface area contributed by atoms with E-state index in [0.29, 0.717) is 0 Å². The van der Waals surface area contributed by atoms with Gasteiger partial charge in [0.05, 0.1) is 18.8 Å². The second-order valence-electron chi connectivity index (χ2n) is 19.3. The topological polar surface area (TPSA) is 760 Å². The molecule has 89 heavy (non-hydrogen) atoms. The molecule has 0 spiro atoms. The van der Waals surface area contributed by atoms with E-state index < -0.39 is 252 Å². The van der Waals surface area contributed by atoms with Crippen LogP contribution in [0.15, 0.2) is 76.8 Å². The first-order chi connectivity index (χ1) is 42.2. The van der Waals surface area contributed by atoms with E-state index >= 15 is 0 Å². The summed E-state index contributed by atoms with van der Waals surface area (Å²) in [5, 5.41) is 233. The fraction of sp³-hybridized carbons (Fsp3) is 0.814. The lowest BCUT2D eigenvalue weighted by Gasteiger charge is -2.72.